The molecule has 0 bridgehead atoms. The monoisotopic (exact) mass is 561 g/mol. The molecule has 2 aromatic heterocycles. The number of pyridine rings is 1. The second-order valence-corrected chi connectivity index (χ2v) is 9.35. The number of rotatable bonds is 11. The lowest BCUT2D eigenvalue weighted by Gasteiger charge is -2.15. The van der Waals surface area contributed by atoms with Crippen molar-refractivity contribution >= 4 is 33.3 Å². The number of carbonyl (C=O) groups excluding carboxylic acids is 1. The van der Waals surface area contributed by atoms with Crippen LogP contribution in [0.15, 0.2) is 45.9 Å². The van der Waals surface area contributed by atoms with E-state index >= 15 is 0 Å². The molecule has 192 valence electrons. The largest absolute Gasteiger partial charge is 0.477 e. The lowest BCUT2D eigenvalue weighted by molar-refractivity contribution is -0.384. The topological polar surface area (TPSA) is 131 Å². The highest BCUT2D eigenvalue weighted by atomic mass is 79.9. The van der Waals surface area contributed by atoms with E-state index in [2.05, 4.69) is 26.3 Å². The van der Waals surface area contributed by atoms with Crippen molar-refractivity contribution in [2.45, 2.75) is 19.8 Å². The zero-order valence-electron chi connectivity index (χ0n) is 20.5. The number of nitrogens with one attached hydrogen (secondary N) is 1. The average Bonchev–Trinajstić information content (AvgIpc) is 3.21. The molecule has 0 saturated heterocycles. The number of aryl methyl sites for hydroxylation is 2. The minimum atomic E-state index is -0.547. The molecule has 0 aliphatic heterocycles. The van der Waals surface area contributed by atoms with E-state index in [4.69, 9.17) is 9.47 Å². The maximum atomic E-state index is 12.8. The number of ether oxygens (including phenoxy) is 2. The Morgan fingerprint density at radius 1 is 1.28 bits per heavy atom. The Kier molecular flexibility index (Phi) is 8.86. The Morgan fingerprint density at radius 2 is 2.03 bits per heavy atom. The molecule has 1 N–H and O–H groups in total. The second kappa shape index (κ2) is 11.8. The van der Waals surface area contributed by atoms with Crippen LogP contribution in [0.1, 0.15) is 30.1 Å². The zero-order chi connectivity index (χ0) is 26.4. The van der Waals surface area contributed by atoms with Crippen molar-refractivity contribution in [2.75, 3.05) is 25.6 Å². The molecule has 0 spiro atoms. The van der Waals surface area contributed by atoms with Gasteiger partial charge in [-0.05, 0) is 37.0 Å². The number of halogens is 1. The van der Waals surface area contributed by atoms with Crippen molar-refractivity contribution < 1.29 is 19.2 Å². The molecule has 12 heteroatoms. The average molecular weight is 562 g/mol. The molecule has 0 unspecified atom stereocenters. The van der Waals surface area contributed by atoms with Crippen LogP contribution in [0.25, 0.3) is 11.1 Å². The first kappa shape index (κ1) is 26.9. The number of anilines is 1. The highest BCUT2D eigenvalue weighted by Crippen LogP contribution is 2.29. The smallest absolute Gasteiger partial charge is 0.339 e. The molecule has 0 aliphatic carbocycles. The Labute approximate surface area is 216 Å². The van der Waals surface area contributed by atoms with E-state index in [1.54, 1.807) is 26.2 Å². The molecule has 11 nitrogen and oxygen atoms in total. The van der Waals surface area contributed by atoms with Gasteiger partial charge in [0.25, 0.3) is 11.2 Å². The van der Waals surface area contributed by atoms with E-state index in [1.807, 2.05) is 6.92 Å². The van der Waals surface area contributed by atoms with E-state index in [0.717, 1.165) is 10.9 Å². The van der Waals surface area contributed by atoms with E-state index in [-0.39, 0.29) is 28.3 Å². The molecule has 0 radical (unpaired) electrons. The standard InChI is InChI=1S/C24H28BrN5O6/c1-15(12-26-20-11-17(25)7-8-21(20)30(33)34)6-5-9-36-23-19(13-27-29(23)3)18-10-16(24(32)35-4)14-28(2)22(18)31/h7-8,10-11,13-15,26H,5-6,9,12H2,1-4H3/t15-/m1/s1. The summed E-state index contributed by atoms with van der Waals surface area (Å²) in [4.78, 5) is 35.6. The normalized spacial score (nSPS) is 11.7. The summed E-state index contributed by atoms with van der Waals surface area (Å²) >= 11 is 3.34. The molecule has 1 aromatic carbocycles. The van der Waals surface area contributed by atoms with E-state index in [1.165, 1.54) is 40.9 Å². The predicted molar refractivity (Wildman–Crippen MR) is 138 cm³/mol. The first-order chi connectivity index (χ1) is 17.1. The summed E-state index contributed by atoms with van der Waals surface area (Å²) in [5, 5.41) is 18.6. The third-order valence-electron chi connectivity index (χ3n) is 5.66. The minimum absolute atomic E-state index is 0.0277. The molecule has 0 aliphatic rings. The van der Waals surface area contributed by atoms with Crippen molar-refractivity contribution in [3.63, 3.8) is 0 Å². The summed E-state index contributed by atoms with van der Waals surface area (Å²) in [5.74, 6) is 0.0980. The summed E-state index contributed by atoms with van der Waals surface area (Å²) in [6.45, 7) is 2.99. The fourth-order valence-corrected chi connectivity index (χ4v) is 4.07. The molecule has 36 heavy (non-hydrogen) atoms. The Morgan fingerprint density at radius 3 is 2.72 bits per heavy atom. The minimum Gasteiger partial charge on any atom is -0.477 e. The number of nitro benzene ring substituents is 1. The van der Waals surface area contributed by atoms with Gasteiger partial charge < -0.3 is 19.4 Å². The molecule has 0 fully saturated rings. The summed E-state index contributed by atoms with van der Waals surface area (Å²) < 4.78 is 14.4. The van der Waals surface area contributed by atoms with E-state index < -0.39 is 10.9 Å². The van der Waals surface area contributed by atoms with Crippen LogP contribution in [0, 0.1) is 16.0 Å². The van der Waals surface area contributed by atoms with Gasteiger partial charge in [-0.1, -0.05) is 22.9 Å². The number of carbonyl (C=O) groups is 1. The van der Waals surface area contributed by atoms with Gasteiger partial charge in [-0.3, -0.25) is 14.9 Å². The molecule has 0 amide bonds. The van der Waals surface area contributed by atoms with Gasteiger partial charge in [0, 0.05) is 37.4 Å². The SMILES string of the molecule is COC(=O)c1cc(-c2cnn(C)c2OCCC[C@@H](C)CNc2cc(Br)ccc2[N+](=O)[O-])c(=O)n(C)c1. The lowest BCUT2D eigenvalue weighted by atomic mass is 10.1. The fraction of sp³-hybridized carbons (Fsp3) is 0.375. The van der Waals surface area contributed by atoms with Crippen molar-refractivity contribution in [3.05, 3.63) is 67.2 Å². The third kappa shape index (κ3) is 6.30. The van der Waals surface area contributed by atoms with Gasteiger partial charge in [0.15, 0.2) is 0 Å². The number of aromatic nitrogens is 3. The Bertz CT molecular complexity index is 1320. The number of benzene rings is 1. The van der Waals surface area contributed by atoms with E-state index in [0.29, 0.717) is 36.7 Å². The summed E-state index contributed by atoms with van der Waals surface area (Å²) in [7, 11) is 4.56. The quantitative estimate of drug-likeness (QED) is 0.160. The summed E-state index contributed by atoms with van der Waals surface area (Å²) in [6.07, 6.45) is 4.48. The van der Waals surface area contributed by atoms with Gasteiger partial charge in [-0.25, -0.2) is 9.48 Å². The molecule has 3 rings (SSSR count). The Hall–Kier alpha value is -3.67. The first-order valence-corrected chi connectivity index (χ1v) is 12.0. The molecule has 2 heterocycles. The van der Waals surface area contributed by atoms with Crippen LogP contribution in [0.5, 0.6) is 5.88 Å². The van der Waals surface area contributed by atoms with Crippen LogP contribution in [0.3, 0.4) is 0 Å². The molecule has 3 aromatic rings. The van der Waals surface area contributed by atoms with Crippen LogP contribution in [0.2, 0.25) is 0 Å². The molecular formula is C24H28BrN5O6. The summed E-state index contributed by atoms with van der Waals surface area (Å²) in [6, 6.07) is 6.27. The van der Waals surface area contributed by atoms with Crippen molar-refractivity contribution in [2.24, 2.45) is 20.0 Å². The molecule has 0 saturated carbocycles. The van der Waals surface area contributed by atoms with Crippen LogP contribution >= 0.6 is 15.9 Å². The van der Waals surface area contributed by atoms with Gasteiger partial charge >= 0.3 is 5.97 Å². The van der Waals surface area contributed by atoms with Gasteiger partial charge in [0.2, 0.25) is 5.88 Å². The maximum Gasteiger partial charge on any atom is 0.339 e. The summed E-state index contributed by atoms with van der Waals surface area (Å²) in [5.41, 5.74) is 1.23. The van der Waals surface area contributed by atoms with E-state index in [9.17, 15) is 19.7 Å². The number of esters is 1. The van der Waals surface area contributed by atoms with Gasteiger partial charge in [-0.15, -0.1) is 0 Å². The van der Waals surface area contributed by atoms with Gasteiger partial charge in [-0.2, -0.15) is 5.10 Å². The van der Waals surface area contributed by atoms with Crippen molar-refractivity contribution in [1.29, 1.82) is 0 Å². The number of hydrogen-bond donors (Lipinski definition) is 1. The van der Waals surface area contributed by atoms with Crippen LogP contribution in [0.4, 0.5) is 11.4 Å². The predicted octanol–water partition coefficient (Wildman–Crippen LogP) is 4.15. The third-order valence-corrected chi connectivity index (χ3v) is 6.15. The number of nitrogens with zero attached hydrogens (tertiary/aromatic N) is 4. The van der Waals surface area contributed by atoms with Gasteiger partial charge in [0.1, 0.15) is 5.69 Å². The highest BCUT2D eigenvalue weighted by molar-refractivity contribution is 9.10. The molecular weight excluding hydrogens is 534 g/mol. The van der Waals surface area contributed by atoms with Crippen LogP contribution in [-0.4, -0.2) is 45.5 Å². The number of hydrogen-bond acceptors (Lipinski definition) is 8. The Balaban J connectivity index is 1.62. The zero-order valence-corrected chi connectivity index (χ0v) is 22.1. The fourth-order valence-electron chi connectivity index (χ4n) is 3.71. The van der Waals surface area contributed by atoms with Crippen molar-refractivity contribution in [3.8, 4) is 17.0 Å². The molecule has 1 atom stereocenters. The van der Waals surface area contributed by atoms with Crippen molar-refractivity contribution in [1.82, 2.24) is 14.3 Å². The first-order valence-electron chi connectivity index (χ1n) is 11.2. The highest BCUT2D eigenvalue weighted by Gasteiger charge is 2.19. The number of nitro groups is 1. The second-order valence-electron chi connectivity index (χ2n) is 8.43. The van der Waals surface area contributed by atoms with Crippen LogP contribution < -0.4 is 15.6 Å². The van der Waals surface area contributed by atoms with Crippen LogP contribution in [-0.2, 0) is 18.8 Å². The maximum absolute atomic E-state index is 12.8. The van der Waals surface area contributed by atoms with Gasteiger partial charge in [0.05, 0.1) is 41.5 Å². The number of methoxy groups -OCH3 is 1. The lowest BCUT2D eigenvalue weighted by Crippen LogP contribution is -2.20.